The summed E-state index contributed by atoms with van der Waals surface area (Å²) in [7, 11) is 1.92. The lowest BCUT2D eigenvalue weighted by Gasteiger charge is -2.32. The first-order chi connectivity index (χ1) is 8.69. The molecule has 1 aromatic rings. The Bertz CT molecular complexity index is 403. The molecule has 1 amide bonds. The van der Waals surface area contributed by atoms with E-state index in [1.807, 2.05) is 7.05 Å². The lowest BCUT2D eigenvalue weighted by Crippen LogP contribution is -2.45. The molecular formula is C14H20N2O2. The number of aryl methyl sites for hydroxylation is 1. The second kappa shape index (κ2) is 5.87. The quantitative estimate of drug-likeness (QED) is 0.883. The molecule has 0 aliphatic carbocycles. The van der Waals surface area contributed by atoms with Gasteiger partial charge in [-0.1, -0.05) is 29.8 Å². The first kappa shape index (κ1) is 12.9. The van der Waals surface area contributed by atoms with Crippen LogP contribution in [0, 0.1) is 12.8 Å². The molecule has 1 N–H and O–H groups in total. The molecule has 1 aliphatic rings. The van der Waals surface area contributed by atoms with Crippen molar-refractivity contribution in [1.29, 1.82) is 0 Å². The Kier molecular flexibility index (Phi) is 4.20. The second-order valence-electron chi connectivity index (χ2n) is 4.87. The van der Waals surface area contributed by atoms with Crippen LogP contribution >= 0.6 is 0 Å². The highest BCUT2D eigenvalue weighted by atomic mass is 16.6. The van der Waals surface area contributed by atoms with E-state index in [0.29, 0.717) is 19.1 Å². The molecule has 1 aromatic carbocycles. The molecule has 1 saturated heterocycles. The van der Waals surface area contributed by atoms with E-state index in [4.69, 9.17) is 4.74 Å². The number of amides is 1. The SMILES string of the molecule is CNCC1COC(=O)N(Cc2ccc(C)cc2)C1. The van der Waals surface area contributed by atoms with Crippen molar-refractivity contribution in [2.45, 2.75) is 13.5 Å². The van der Waals surface area contributed by atoms with Crippen LogP contribution in [0.5, 0.6) is 0 Å². The largest absolute Gasteiger partial charge is 0.449 e. The summed E-state index contributed by atoms with van der Waals surface area (Å²) in [6.07, 6.45) is -0.206. The third kappa shape index (κ3) is 3.23. The Morgan fingerprint density at radius 3 is 2.78 bits per heavy atom. The lowest BCUT2D eigenvalue weighted by atomic mass is 10.1. The normalized spacial score (nSPS) is 19.8. The fourth-order valence-corrected chi connectivity index (χ4v) is 2.17. The number of cyclic esters (lactones) is 1. The first-order valence-electron chi connectivity index (χ1n) is 6.31. The van der Waals surface area contributed by atoms with Gasteiger partial charge in [-0.3, -0.25) is 0 Å². The van der Waals surface area contributed by atoms with Crippen LogP contribution in [-0.2, 0) is 11.3 Å². The van der Waals surface area contributed by atoms with Crippen molar-refractivity contribution in [3.05, 3.63) is 35.4 Å². The summed E-state index contributed by atoms with van der Waals surface area (Å²) in [6, 6.07) is 8.25. The predicted molar refractivity (Wildman–Crippen MR) is 70.4 cm³/mol. The van der Waals surface area contributed by atoms with E-state index in [-0.39, 0.29) is 6.09 Å². The van der Waals surface area contributed by atoms with Gasteiger partial charge in [0, 0.05) is 25.6 Å². The van der Waals surface area contributed by atoms with E-state index in [1.54, 1.807) is 4.90 Å². The van der Waals surface area contributed by atoms with Crippen molar-refractivity contribution < 1.29 is 9.53 Å². The molecule has 0 aromatic heterocycles. The van der Waals surface area contributed by atoms with Gasteiger partial charge in [0.2, 0.25) is 0 Å². The van der Waals surface area contributed by atoms with E-state index in [9.17, 15) is 4.79 Å². The third-order valence-electron chi connectivity index (χ3n) is 3.17. The minimum Gasteiger partial charge on any atom is -0.449 e. The van der Waals surface area contributed by atoms with E-state index < -0.39 is 0 Å². The van der Waals surface area contributed by atoms with Gasteiger partial charge in [0.15, 0.2) is 0 Å². The number of hydrogen-bond acceptors (Lipinski definition) is 3. The van der Waals surface area contributed by atoms with Crippen LogP contribution in [0.1, 0.15) is 11.1 Å². The molecule has 98 valence electrons. The van der Waals surface area contributed by atoms with Crippen molar-refractivity contribution in [2.24, 2.45) is 5.92 Å². The number of carbonyl (C=O) groups excluding carboxylic acids is 1. The minimum atomic E-state index is -0.206. The summed E-state index contributed by atoms with van der Waals surface area (Å²) < 4.78 is 5.20. The van der Waals surface area contributed by atoms with Crippen LogP contribution < -0.4 is 5.32 Å². The van der Waals surface area contributed by atoms with Gasteiger partial charge >= 0.3 is 6.09 Å². The molecule has 1 atom stereocenters. The Hall–Kier alpha value is -1.55. The molecule has 2 rings (SSSR count). The van der Waals surface area contributed by atoms with Gasteiger partial charge in [-0.25, -0.2) is 4.79 Å². The number of nitrogens with zero attached hydrogens (tertiary/aromatic N) is 1. The molecule has 4 heteroatoms. The molecular weight excluding hydrogens is 228 g/mol. The van der Waals surface area contributed by atoms with Crippen molar-refractivity contribution in [3.8, 4) is 0 Å². The van der Waals surface area contributed by atoms with Crippen LogP contribution in [0.15, 0.2) is 24.3 Å². The van der Waals surface area contributed by atoms with Crippen molar-refractivity contribution in [2.75, 3.05) is 26.7 Å². The van der Waals surface area contributed by atoms with Gasteiger partial charge in [0.1, 0.15) is 0 Å². The molecule has 4 nitrogen and oxygen atoms in total. The smallest absolute Gasteiger partial charge is 0.410 e. The molecule has 1 aliphatic heterocycles. The van der Waals surface area contributed by atoms with Gasteiger partial charge < -0.3 is 15.0 Å². The fourth-order valence-electron chi connectivity index (χ4n) is 2.17. The maximum Gasteiger partial charge on any atom is 0.410 e. The third-order valence-corrected chi connectivity index (χ3v) is 3.17. The summed E-state index contributed by atoms with van der Waals surface area (Å²) in [5.41, 5.74) is 2.37. The van der Waals surface area contributed by atoms with Crippen molar-refractivity contribution in [3.63, 3.8) is 0 Å². The molecule has 0 radical (unpaired) electrons. The number of ether oxygens (including phenoxy) is 1. The zero-order valence-corrected chi connectivity index (χ0v) is 11.0. The highest BCUT2D eigenvalue weighted by Gasteiger charge is 2.26. The average molecular weight is 248 g/mol. The van der Waals surface area contributed by atoms with E-state index >= 15 is 0 Å². The van der Waals surface area contributed by atoms with Gasteiger partial charge in [-0.15, -0.1) is 0 Å². The van der Waals surface area contributed by atoms with Crippen LogP contribution in [0.3, 0.4) is 0 Å². The van der Waals surface area contributed by atoms with Gasteiger partial charge in [0.05, 0.1) is 6.61 Å². The molecule has 0 bridgehead atoms. The molecule has 0 saturated carbocycles. The van der Waals surface area contributed by atoms with E-state index in [2.05, 4.69) is 36.5 Å². The summed E-state index contributed by atoms with van der Waals surface area (Å²) in [4.78, 5) is 13.5. The maximum absolute atomic E-state index is 11.7. The monoisotopic (exact) mass is 248 g/mol. The summed E-state index contributed by atoms with van der Waals surface area (Å²) in [5, 5.41) is 3.13. The zero-order chi connectivity index (χ0) is 13.0. The number of benzene rings is 1. The molecule has 1 fully saturated rings. The van der Waals surface area contributed by atoms with Crippen LogP contribution in [-0.4, -0.2) is 37.7 Å². The second-order valence-corrected chi connectivity index (χ2v) is 4.87. The Morgan fingerprint density at radius 1 is 1.39 bits per heavy atom. The van der Waals surface area contributed by atoms with Gasteiger partial charge in [-0.2, -0.15) is 0 Å². The Labute approximate surface area is 108 Å². The fraction of sp³-hybridized carbons (Fsp3) is 0.500. The highest BCUT2D eigenvalue weighted by Crippen LogP contribution is 2.15. The number of hydrogen-bond donors (Lipinski definition) is 1. The zero-order valence-electron chi connectivity index (χ0n) is 11.0. The average Bonchev–Trinajstić information content (AvgIpc) is 2.36. The standard InChI is InChI=1S/C14H20N2O2/c1-11-3-5-12(6-4-11)8-16-9-13(7-15-2)10-18-14(16)17/h3-6,13,15H,7-10H2,1-2H3. The van der Waals surface area contributed by atoms with E-state index in [1.165, 1.54) is 5.56 Å². The molecule has 1 unspecified atom stereocenters. The van der Waals surface area contributed by atoms with Crippen molar-refractivity contribution >= 4 is 6.09 Å². The highest BCUT2D eigenvalue weighted by molar-refractivity contribution is 5.68. The van der Waals surface area contributed by atoms with E-state index in [0.717, 1.165) is 18.7 Å². The molecule has 1 heterocycles. The van der Waals surface area contributed by atoms with Gasteiger partial charge in [0.25, 0.3) is 0 Å². The Morgan fingerprint density at radius 2 is 2.11 bits per heavy atom. The Balaban J connectivity index is 1.98. The number of carbonyl (C=O) groups is 1. The molecule has 18 heavy (non-hydrogen) atoms. The van der Waals surface area contributed by atoms with Crippen LogP contribution in [0.2, 0.25) is 0 Å². The number of nitrogens with one attached hydrogen (secondary N) is 1. The minimum absolute atomic E-state index is 0.206. The predicted octanol–water partition coefficient (Wildman–Crippen LogP) is 1.78. The summed E-state index contributed by atoms with van der Waals surface area (Å²) in [6.45, 7) is 4.83. The summed E-state index contributed by atoms with van der Waals surface area (Å²) in [5.74, 6) is 0.373. The molecule has 0 spiro atoms. The van der Waals surface area contributed by atoms with Crippen LogP contribution in [0.25, 0.3) is 0 Å². The summed E-state index contributed by atoms with van der Waals surface area (Å²) >= 11 is 0. The number of rotatable bonds is 4. The first-order valence-corrected chi connectivity index (χ1v) is 6.31. The lowest BCUT2D eigenvalue weighted by molar-refractivity contribution is 0.0407. The maximum atomic E-state index is 11.7. The van der Waals surface area contributed by atoms with Crippen molar-refractivity contribution in [1.82, 2.24) is 10.2 Å². The van der Waals surface area contributed by atoms with Crippen LogP contribution in [0.4, 0.5) is 4.79 Å². The topological polar surface area (TPSA) is 41.6 Å². The van der Waals surface area contributed by atoms with Gasteiger partial charge in [-0.05, 0) is 19.5 Å².